The predicted octanol–water partition coefficient (Wildman–Crippen LogP) is 2.39. The molecule has 1 N–H and O–H groups in total. The predicted molar refractivity (Wildman–Crippen MR) is 58.5 cm³/mol. The second-order valence-electron chi connectivity index (χ2n) is 3.55. The van der Waals surface area contributed by atoms with Crippen LogP contribution in [0.2, 0.25) is 0 Å². The van der Waals surface area contributed by atoms with Crippen LogP contribution in [0.4, 0.5) is 0 Å². The molecule has 5 heteroatoms. The molecule has 0 spiro atoms. The third-order valence-corrected chi connectivity index (χ3v) is 2.54. The molecule has 0 radical (unpaired) electrons. The Balaban J connectivity index is 2.08. The van der Waals surface area contributed by atoms with Crippen molar-refractivity contribution in [3.63, 3.8) is 0 Å². The van der Waals surface area contributed by atoms with Gasteiger partial charge in [-0.05, 0) is 18.2 Å². The summed E-state index contributed by atoms with van der Waals surface area (Å²) in [6.45, 7) is 0.222. The van der Waals surface area contributed by atoms with Gasteiger partial charge in [-0.3, -0.25) is 0 Å². The van der Waals surface area contributed by atoms with Gasteiger partial charge in [-0.2, -0.15) is 0 Å². The van der Waals surface area contributed by atoms with E-state index in [2.05, 4.69) is 0 Å². The van der Waals surface area contributed by atoms with Crippen molar-refractivity contribution in [2.24, 2.45) is 0 Å². The van der Waals surface area contributed by atoms with Gasteiger partial charge < -0.3 is 23.7 Å². The highest BCUT2D eigenvalue weighted by molar-refractivity contribution is 5.69. The fourth-order valence-electron chi connectivity index (χ4n) is 1.75. The second-order valence-corrected chi connectivity index (χ2v) is 3.55. The van der Waals surface area contributed by atoms with Crippen molar-refractivity contribution < 1.29 is 23.7 Å². The van der Waals surface area contributed by atoms with Crippen molar-refractivity contribution in [3.05, 3.63) is 24.3 Å². The van der Waals surface area contributed by atoms with E-state index in [0.717, 1.165) is 5.56 Å². The Morgan fingerprint density at radius 3 is 2.82 bits per heavy atom. The lowest BCUT2D eigenvalue weighted by Crippen LogP contribution is -1.92. The van der Waals surface area contributed by atoms with E-state index in [1.165, 1.54) is 13.2 Å². The molecule has 2 heterocycles. The fraction of sp³-hybridized carbons (Fsp3) is 0.167. The molecule has 0 saturated heterocycles. The minimum atomic E-state index is -0.186. The van der Waals surface area contributed by atoms with Crippen LogP contribution < -0.4 is 14.2 Å². The Hall–Kier alpha value is -2.30. The van der Waals surface area contributed by atoms with Gasteiger partial charge in [0.25, 0.3) is 5.95 Å². The summed E-state index contributed by atoms with van der Waals surface area (Å²) in [5, 5.41) is 9.32. The molecule has 1 aliphatic rings. The molecule has 1 aliphatic heterocycles. The maximum atomic E-state index is 9.32. The quantitative estimate of drug-likeness (QED) is 0.864. The molecule has 1 aromatic heterocycles. The van der Waals surface area contributed by atoms with Crippen LogP contribution in [0, 0.1) is 0 Å². The molecule has 1 aromatic carbocycles. The van der Waals surface area contributed by atoms with Crippen LogP contribution in [-0.2, 0) is 0 Å². The number of hydrogen-bond donors (Lipinski definition) is 1. The summed E-state index contributed by atoms with van der Waals surface area (Å²) in [6, 6.07) is 6.80. The number of hydrogen-bond acceptors (Lipinski definition) is 5. The Morgan fingerprint density at radius 2 is 2.00 bits per heavy atom. The minimum absolute atomic E-state index is 0.186. The van der Waals surface area contributed by atoms with Gasteiger partial charge in [0.15, 0.2) is 23.0 Å². The van der Waals surface area contributed by atoms with E-state index in [1.807, 2.05) is 6.07 Å². The van der Waals surface area contributed by atoms with Crippen LogP contribution in [0.25, 0.3) is 11.3 Å². The van der Waals surface area contributed by atoms with E-state index in [0.29, 0.717) is 23.0 Å². The van der Waals surface area contributed by atoms with Crippen molar-refractivity contribution in [1.82, 2.24) is 0 Å². The van der Waals surface area contributed by atoms with Gasteiger partial charge >= 0.3 is 0 Å². The fourth-order valence-corrected chi connectivity index (χ4v) is 1.75. The van der Waals surface area contributed by atoms with Gasteiger partial charge in [-0.25, -0.2) is 0 Å². The van der Waals surface area contributed by atoms with Crippen molar-refractivity contribution >= 4 is 0 Å². The Morgan fingerprint density at radius 1 is 1.18 bits per heavy atom. The molecule has 0 amide bonds. The van der Waals surface area contributed by atoms with Gasteiger partial charge in [-0.1, -0.05) is 0 Å². The lowest BCUT2D eigenvalue weighted by atomic mass is 10.1. The molecular formula is C12H10O5. The van der Waals surface area contributed by atoms with Gasteiger partial charge in [0.2, 0.25) is 6.79 Å². The first-order valence-corrected chi connectivity index (χ1v) is 5.05. The molecule has 5 nitrogen and oxygen atoms in total. The summed E-state index contributed by atoms with van der Waals surface area (Å²) in [5.74, 6) is 2.10. The smallest absolute Gasteiger partial charge is 0.286 e. The molecular weight excluding hydrogens is 224 g/mol. The maximum Gasteiger partial charge on any atom is 0.286 e. The van der Waals surface area contributed by atoms with E-state index in [9.17, 15) is 5.11 Å². The topological polar surface area (TPSA) is 61.1 Å². The van der Waals surface area contributed by atoms with Crippen LogP contribution in [0.1, 0.15) is 0 Å². The number of furan rings is 1. The largest absolute Gasteiger partial charge is 0.493 e. The normalized spacial score (nSPS) is 12.8. The summed E-state index contributed by atoms with van der Waals surface area (Å²) >= 11 is 0. The average Bonchev–Trinajstić information content (AvgIpc) is 2.93. The molecule has 0 bridgehead atoms. The maximum absolute atomic E-state index is 9.32. The molecule has 88 valence electrons. The first-order chi connectivity index (χ1) is 8.28. The summed E-state index contributed by atoms with van der Waals surface area (Å²) in [4.78, 5) is 0. The van der Waals surface area contributed by atoms with Gasteiger partial charge in [-0.15, -0.1) is 0 Å². The van der Waals surface area contributed by atoms with Crippen LogP contribution >= 0.6 is 0 Å². The van der Waals surface area contributed by atoms with Gasteiger partial charge in [0.1, 0.15) is 0 Å². The minimum Gasteiger partial charge on any atom is -0.493 e. The zero-order valence-electron chi connectivity index (χ0n) is 9.10. The van der Waals surface area contributed by atoms with Crippen LogP contribution in [0.3, 0.4) is 0 Å². The number of benzene rings is 1. The van der Waals surface area contributed by atoms with Crippen LogP contribution in [0.15, 0.2) is 28.7 Å². The van der Waals surface area contributed by atoms with E-state index < -0.39 is 0 Å². The van der Waals surface area contributed by atoms with Crippen LogP contribution in [0.5, 0.6) is 23.2 Å². The molecule has 2 aromatic rings. The number of aromatic hydroxyl groups is 1. The summed E-state index contributed by atoms with van der Waals surface area (Å²) < 4.78 is 20.8. The van der Waals surface area contributed by atoms with Crippen molar-refractivity contribution in [3.8, 4) is 34.5 Å². The van der Waals surface area contributed by atoms with E-state index in [-0.39, 0.29) is 12.7 Å². The Kier molecular flexibility index (Phi) is 2.11. The van der Waals surface area contributed by atoms with Crippen molar-refractivity contribution in [2.75, 3.05) is 13.9 Å². The zero-order chi connectivity index (χ0) is 11.8. The number of ether oxygens (including phenoxy) is 3. The number of rotatable bonds is 2. The van der Waals surface area contributed by atoms with Gasteiger partial charge in [0, 0.05) is 5.56 Å². The first-order valence-electron chi connectivity index (χ1n) is 5.05. The van der Waals surface area contributed by atoms with Gasteiger partial charge in [0.05, 0.1) is 13.2 Å². The highest BCUT2D eigenvalue weighted by Crippen LogP contribution is 2.41. The second kappa shape index (κ2) is 3.62. The monoisotopic (exact) mass is 234 g/mol. The van der Waals surface area contributed by atoms with E-state index in [4.69, 9.17) is 18.6 Å². The van der Waals surface area contributed by atoms with E-state index >= 15 is 0 Å². The lowest BCUT2D eigenvalue weighted by molar-refractivity contribution is 0.174. The number of methoxy groups -OCH3 is 1. The number of fused-ring (bicyclic) bond motifs is 1. The summed E-state index contributed by atoms with van der Waals surface area (Å²) in [6.07, 6.45) is 0. The molecule has 0 atom stereocenters. The lowest BCUT2D eigenvalue weighted by Gasteiger charge is -2.02. The standard InChI is InChI=1S/C12H10O5/c1-14-10-5-11(13)17-12(10)7-2-3-8-9(4-7)16-6-15-8/h2-5,13H,6H2,1H3. The van der Waals surface area contributed by atoms with Crippen molar-refractivity contribution in [2.45, 2.75) is 0 Å². The summed E-state index contributed by atoms with van der Waals surface area (Å²) in [5.41, 5.74) is 0.756. The first kappa shape index (κ1) is 9.89. The third kappa shape index (κ3) is 1.56. The van der Waals surface area contributed by atoms with Crippen molar-refractivity contribution in [1.29, 1.82) is 0 Å². The zero-order valence-corrected chi connectivity index (χ0v) is 9.10. The molecule has 17 heavy (non-hydrogen) atoms. The molecule has 0 fully saturated rings. The highest BCUT2D eigenvalue weighted by atomic mass is 16.7. The Labute approximate surface area is 97.1 Å². The van der Waals surface area contributed by atoms with Crippen LogP contribution in [-0.4, -0.2) is 19.0 Å². The SMILES string of the molecule is COc1cc(O)oc1-c1ccc2c(c1)OCO2. The molecule has 0 unspecified atom stereocenters. The van der Waals surface area contributed by atoms with E-state index in [1.54, 1.807) is 12.1 Å². The highest BCUT2D eigenvalue weighted by Gasteiger charge is 2.18. The summed E-state index contributed by atoms with van der Waals surface area (Å²) in [7, 11) is 1.51. The Bertz CT molecular complexity index is 558. The molecule has 0 aliphatic carbocycles. The average molecular weight is 234 g/mol. The third-order valence-electron chi connectivity index (χ3n) is 2.54. The molecule has 3 rings (SSSR count). The molecule has 0 saturated carbocycles.